The van der Waals surface area contributed by atoms with E-state index in [1.54, 1.807) is 0 Å². The van der Waals surface area contributed by atoms with Crippen LogP contribution in [0.25, 0.3) is 0 Å². The highest BCUT2D eigenvalue weighted by atomic mass is 35.5. The molecule has 0 aromatic heterocycles. The van der Waals surface area contributed by atoms with Crippen LogP contribution in [0, 0.1) is 29.1 Å². The topological polar surface area (TPSA) is 38.7 Å². The fourth-order valence-corrected chi connectivity index (χ4v) is 22.6. The van der Waals surface area contributed by atoms with Crippen LogP contribution in [0.2, 0.25) is 33.2 Å². The lowest BCUT2D eigenvalue weighted by atomic mass is 9.47. The molecule has 7 atom stereocenters. The van der Waals surface area contributed by atoms with Crippen molar-refractivity contribution in [1.29, 1.82) is 0 Å². The summed E-state index contributed by atoms with van der Waals surface area (Å²) in [5, 5.41) is 12.8. The molecule has 0 radical (unpaired) electrons. The lowest BCUT2D eigenvalue weighted by Gasteiger charge is -2.64. The first kappa shape index (κ1) is 32.3. The Morgan fingerprint density at radius 2 is 1.15 bits per heavy atom. The van der Waals surface area contributed by atoms with Crippen molar-refractivity contribution in [2.75, 3.05) is 0 Å². The maximum absolute atomic E-state index is 12.1. The molecule has 4 aliphatic carbocycles. The molecule has 0 saturated heterocycles. The Kier molecular flexibility index (Phi) is 8.94. The van der Waals surface area contributed by atoms with Crippen molar-refractivity contribution >= 4 is 28.2 Å². The third-order valence-corrected chi connectivity index (χ3v) is 25.2. The van der Waals surface area contributed by atoms with Gasteiger partial charge in [-0.3, -0.25) is 0 Å². The van der Waals surface area contributed by atoms with Gasteiger partial charge in [-0.1, -0.05) is 101 Å². The minimum Gasteiger partial charge on any atom is -0.413 e. The van der Waals surface area contributed by atoms with E-state index >= 15 is 0 Å². The number of rotatable bonds is 10. The largest absolute Gasteiger partial charge is 0.413 e. The van der Waals surface area contributed by atoms with E-state index in [1.165, 1.54) is 12.8 Å². The number of allylic oxidation sites excluding steroid dienone is 1. The van der Waals surface area contributed by atoms with Gasteiger partial charge in [-0.25, -0.2) is 0 Å². The van der Waals surface area contributed by atoms with Gasteiger partial charge >= 0.3 is 0 Å². The van der Waals surface area contributed by atoms with Gasteiger partial charge in [0.25, 0.3) is 0 Å². The van der Waals surface area contributed by atoms with Crippen molar-refractivity contribution in [1.82, 2.24) is 0 Å². The van der Waals surface area contributed by atoms with Crippen LogP contribution >= 0.6 is 11.6 Å². The Balaban J connectivity index is 1.81. The molecule has 1 N–H and O–H groups in total. The number of halogens is 1. The molecule has 226 valence electrons. The summed E-state index contributed by atoms with van der Waals surface area (Å²) < 4.78 is 15.3. The molecule has 0 amide bonds. The monoisotopic (exact) mass is 596 g/mol. The normalized spacial score (nSPS) is 36.2. The van der Waals surface area contributed by atoms with Crippen LogP contribution in [0.15, 0.2) is 11.1 Å². The van der Waals surface area contributed by atoms with Gasteiger partial charge in [0.2, 0.25) is 16.6 Å². The first-order valence-electron chi connectivity index (χ1n) is 16.4. The third-order valence-electron chi connectivity index (χ3n) is 12.5. The van der Waals surface area contributed by atoms with Crippen LogP contribution in [-0.2, 0) is 8.85 Å². The molecule has 0 aromatic carbocycles. The van der Waals surface area contributed by atoms with E-state index in [-0.39, 0.29) is 29.5 Å². The fourth-order valence-electron chi connectivity index (χ4n) is 11.2. The quantitative estimate of drug-likeness (QED) is 0.255. The molecule has 3 nitrogen and oxygen atoms in total. The fraction of sp³-hybridized carbons (Fsp3) is 0.939. The third kappa shape index (κ3) is 4.74. The van der Waals surface area contributed by atoms with E-state index in [2.05, 4.69) is 89.2 Å². The van der Waals surface area contributed by atoms with Crippen molar-refractivity contribution in [3.63, 3.8) is 0 Å². The van der Waals surface area contributed by atoms with Crippen LogP contribution in [0.1, 0.15) is 116 Å². The summed E-state index contributed by atoms with van der Waals surface area (Å²) in [7, 11) is -4.13. The van der Waals surface area contributed by atoms with Gasteiger partial charge in [-0.05, 0) is 89.0 Å². The predicted molar refractivity (Wildman–Crippen MR) is 171 cm³/mol. The highest BCUT2D eigenvalue weighted by Crippen LogP contribution is 2.74. The number of hydrogen-bond acceptors (Lipinski definition) is 3. The predicted octanol–water partition coefficient (Wildman–Crippen LogP) is 10.0. The molecule has 0 aromatic rings. The van der Waals surface area contributed by atoms with Crippen LogP contribution in [-0.4, -0.2) is 39.6 Å². The summed E-state index contributed by atoms with van der Waals surface area (Å²) in [5.74, 6) is 1.23. The summed E-state index contributed by atoms with van der Waals surface area (Å²) in [4.78, 5) is 0. The molecule has 3 saturated carbocycles. The van der Waals surface area contributed by atoms with Gasteiger partial charge in [-0.15, -0.1) is 0 Å². The van der Waals surface area contributed by atoms with Crippen molar-refractivity contribution in [3.05, 3.63) is 11.1 Å². The first-order valence-corrected chi connectivity index (χ1v) is 21.0. The highest BCUT2D eigenvalue weighted by Gasteiger charge is 2.72. The average molecular weight is 597 g/mol. The number of hydrogen-bond donors (Lipinski definition) is 1. The molecular formula is C33H61ClO3Si2. The smallest absolute Gasteiger partial charge is 0.200 e. The van der Waals surface area contributed by atoms with Gasteiger partial charge in [-0.2, -0.15) is 0 Å². The molecular weight excluding hydrogens is 536 g/mol. The van der Waals surface area contributed by atoms with Crippen molar-refractivity contribution in [3.8, 4) is 0 Å². The molecule has 1 spiro atoms. The summed E-state index contributed by atoms with van der Waals surface area (Å²) >= 11 is 6.93. The van der Waals surface area contributed by atoms with E-state index < -0.39 is 22.2 Å². The summed E-state index contributed by atoms with van der Waals surface area (Å²) in [5.41, 5.74) is 2.55. The second-order valence-corrected chi connectivity index (χ2v) is 27.4. The maximum Gasteiger partial charge on any atom is 0.200 e. The maximum atomic E-state index is 12.1. The highest BCUT2D eigenvalue weighted by molar-refractivity contribution is 6.78. The molecule has 4 rings (SSSR count). The molecule has 0 heterocycles. The van der Waals surface area contributed by atoms with Crippen LogP contribution in [0.4, 0.5) is 0 Å². The van der Waals surface area contributed by atoms with Crippen LogP contribution in [0.3, 0.4) is 0 Å². The van der Waals surface area contributed by atoms with E-state index in [0.717, 1.165) is 12.8 Å². The Hall–Kier alpha value is 0.344. The van der Waals surface area contributed by atoms with Gasteiger partial charge in [0, 0.05) is 17.1 Å². The SMILES string of the molecule is CC(C)[Si](O[C@H]1C[C@@H]2[C@@H](O[Si](C(C)C)(C(C)C)C(C)C)[C@H](C1)[C@@H]1C3(CC3)[C@H]2C=C(Cl)[C@]1(C)O)(C(C)C)C(C)C. The van der Waals surface area contributed by atoms with Crippen LogP contribution in [0.5, 0.6) is 0 Å². The van der Waals surface area contributed by atoms with Gasteiger partial charge in [0.15, 0.2) is 0 Å². The average Bonchev–Trinajstić information content (AvgIpc) is 3.57. The molecule has 3 fully saturated rings. The summed E-state index contributed by atoms with van der Waals surface area (Å²) in [6, 6.07) is 0. The lowest BCUT2D eigenvalue weighted by molar-refractivity contribution is -0.178. The Labute approximate surface area is 248 Å². The van der Waals surface area contributed by atoms with E-state index in [0.29, 0.717) is 50.1 Å². The number of aliphatic hydroxyl groups is 1. The van der Waals surface area contributed by atoms with Gasteiger partial charge in [0.1, 0.15) is 5.60 Å². The summed E-state index contributed by atoms with van der Waals surface area (Å²) in [6.45, 7) is 30.8. The zero-order valence-corrected chi connectivity index (χ0v) is 30.2. The first-order chi connectivity index (χ1) is 17.9. The van der Waals surface area contributed by atoms with E-state index in [1.807, 2.05) is 6.92 Å². The Morgan fingerprint density at radius 3 is 1.56 bits per heavy atom. The van der Waals surface area contributed by atoms with Crippen molar-refractivity contribution in [2.24, 2.45) is 29.1 Å². The lowest BCUT2D eigenvalue weighted by Crippen LogP contribution is -2.67. The van der Waals surface area contributed by atoms with Gasteiger partial charge in [0.05, 0.1) is 6.10 Å². The van der Waals surface area contributed by atoms with Crippen molar-refractivity contribution in [2.45, 2.75) is 167 Å². The standard InChI is InChI=1S/C33H61ClO3Si2/c1-19(2)38(20(3)4,21(5)6)36-25-16-26-28-18-29(34)32(13,35)31(33(28)14-15-33)27(17-25)30(26)37-39(22(7)8,23(9)10)24(11)12/h18-28,30-31,35H,14-17H2,1-13H3/t25-,26-,27-,28-,30+,31-,32-/m0/s1. The second-order valence-electron chi connectivity index (χ2n) is 16.2. The second kappa shape index (κ2) is 10.8. The molecule has 6 heteroatoms. The zero-order valence-electron chi connectivity index (χ0n) is 27.5. The molecule has 0 aliphatic heterocycles. The Bertz CT molecular complexity index is 876. The minimum absolute atomic E-state index is 0.145. The number of fused-ring (bicyclic) bond motifs is 4. The minimum atomic E-state index is -2.11. The van der Waals surface area contributed by atoms with Crippen molar-refractivity contribution < 1.29 is 14.0 Å². The molecule has 0 unspecified atom stereocenters. The molecule has 4 aliphatic rings. The summed E-state index contributed by atoms with van der Waals surface area (Å²) in [6.07, 6.45) is 7.22. The molecule has 39 heavy (non-hydrogen) atoms. The van der Waals surface area contributed by atoms with Gasteiger partial charge < -0.3 is 14.0 Å². The molecule has 4 bridgehead atoms. The van der Waals surface area contributed by atoms with E-state index in [9.17, 15) is 5.11 Å². The Morgan fingerprint density at radius 1 is 0.744 bits per heavy atom. The van der Waals surface area contributed by atoms with E-state index in [4.69, 9.17) is 20.5 Å². The zero-order chi connectivity index (χ0) is 29.5. The van der Waals surface area contributed by atoms with Crippen LogP contribution < -0.4 is 0 Å².